The van der Waals surface area contributed by atoms with Crippen LogP contribution in [0.3, 0.4) is 0 Å². The minimum absolute atomic E-state index is 0.00836. The Morgan fingerprint density at radius 1 is 1.03 bits per heavy atom. The summed E-state index contributed by atoms with van der Waals surface area (Å²) in [6.07, 6.45) is 10.2. The Hall–Kier alpha value is -1.32. The van der Waals surface area contributed by atoms with Crippen LogP contribution in [0.1, 0.15) is 62.7 Å². The summed E-state index contributed by atoms with van der Waals surface area (Å²) < 4.78 is 0. The lowest BCUT2D eigenvalue weighted by atomic mass is 9.47. The average Bonchev–Trinajstić information content (AvgIpc) is 3.05. The topological polar surface area (TPSA) is 46.2 Å². The van der Waals surface area contributed by atoms with Crippen molar-refractivity contribution in [3.63, 3.8) is 0 Å². The molecule has 0 spiro atoms. The van der Waals surface area contributed by atoms with Crippen molar-refractivity contribution in [2.24, 2.45) is 34.5 Å². The van der Waals surface area contributed by atoms with Crippen LogP contribution in [0, 0.1) is 34.5 Å². The van der Waals surface area contributed by atoms with E-state index in [0.29, 0.717) is 33.4 Å². The molecule has 3 nitrogen and oxygen atoms in total. The number of hydrogen-bond donors (Lipinski definition) is 1. The van der Waals surface area contributed by atoms with Crippen molar-refractivity contribution in [3.05, 3.63) is 46.0 Å². The summed E-state index contributed by atoms with van der Waals surface area (Å²) in [6, 6.07) is 5.55. The molecule has 0 aromatic heterocycles. The number of fused-ring (bicyclic) bond motifs is 5. The van der Waals surface area contributed by atoms with Crippen molar-refractivity contribution in [2.45, 2.75) is 58.4 Å². The lowest BCUT2D eigenvalue weighted by Crippen LogP contribution is -2.59. The zero-order valence-corrected chi connectivity index (χ0v) is 19.1. The minimum Gasteiger partial charge on any atom is -0.349 e. The smallest absolute Gasteiger partial charge is 0.243 e. The van der Waals surface area contributed by atoms with Crippen molar-refractivity contribution in [1.82, 2.24) is 5.32 Å². The van der Waals surface area contributed by atoms with E-state index in [2.05, 4.69) is 25.2 Å². The van der Waals surface area contributed by atoms with E-state index in [4.69, 9.17) is 23.2 Å². The highest BCUT2D eigenvalue weighted by Crippen LogP contribution is 2.65. The first-order valence-electron chi connectivity index (χ1n) is 11.2. The van der Waals surface area contributed by atoms with Crippen LogP contribution >= 0.6 is 23.2 Å². The Balaban J connectivity index is 1.45. The fourth-order valence-electron chi connectivity index (χ4n) is 7.67. The van der Waals surface area contributed by atoms with Gasteiger partial charge < -0.3 is 5.32 Å². The van der Waals surface area contributed by atoms with Gasteiger partial charge in [-0.25, -0.2) is 0 Å². The third kappa shape index (κ3) is 2.84. The van der Waals surface area contributed by atoms with Gasteiger partial charge in [0.15, 0.2) is 5.78 Å². The van der Waals surface area contributed by atoms with Crippen molar-refractivity contribution in [2.75, 3.05) is 0 Å². The summed E-state index contributed by atoms with van der Waals surface area (Å²) in [5.41, 5.74) is 0.515. The van der Waals surface area contributed by atoms with Gasteiger partial charge in [-0.2, -0.15) is 0 Å². The fraction of sp³-hybridized carbons (Fsp3) is 0.600. The molecule has 30 heavy (non-hydrogen) atoms. The molecule has 1 aliphatic heterocycles. The molecular weight excluding hydrogens is 417 g/mol. The Morgan fingerprint density at radius 3 is 2.50 bits per heavy atom. The SMILES string of the molecule is C[C@]12C=CC(=O)N[C@@H]1CC[C@@H]1[C@@H]2CC[C@]2(C)[C@@H](C(=O)c3c(Cl)cccc3Cl)CC[C@@H]12. The lowest BCUT2D eigenvalue weighted by molar-refractivity contribution is -0.122. The monoisotopic (exact) mass is 445 g/mol. The van der Waals surface area contributed by atoms with Gasteiger partial charge in [0, 0.05) is 17.4 Å². The molecule has 0 saturated heterocycles. The lowest BCUT2D eigenvalue weighted by Gasteiger charge is -2.58. The van der Waals surface area contributed by atoms with Crippen LogP contribution in [0.5, 0.6) is 0 Å². The molecule has 3 saturated carbocycles. The maximum absolute atomic E-state index is 13.6. The highest BCUT2D eigenvalue weighted by molar-refractivity contribution is 6.40. The van der Waals surface area contributed by atoms with Crippen molar-refractivity contribution in [3.8, 4) is 0 Å². The number of amides is 1. The molecule has 1 aromatic rings. The maximum atomic E-state index is 13.6. The van der Waals surface area contributed by atoms with E-state index in [1.165, 1.54) is 0 Å². The first-order chi connectivity index (χ1) is 14.3. The highest BCUT2D eigenvalue weighted by Gasteiger charge is 2.61. The molecule has 4 aliphatic rings. The first kappa shape index (κ1) is 20.6. The highest BCUT2D eigenvalue weighted by atomic mass is 35.5. The van der Waals surface area contributed by atoms with E-state index in [1.54, 1.807) is 24.3 Å². The van der Waals surface area contributed by atoms with Gasteiger partial charge in [0.25, 0.3) is 0 Å². The van der Waals surface area contributed by atoms with Crippen molar-refractivity contribution in [1.29, 1.82) is 0 Å². The van der Waals surface area contributed by atoms with Gasteiger partial charge in [-0.15, -0.1) is 0 Å². The maximum Gasteiger partial charge on any atom is 0.243 e. The zero-order valence-electron chi connectivity index (χ0n) is 17.6. The molecule has 1 aromatic carbocycles. The molecule has 160 valence electrons. The molecule has 1 amide bonds. The van der Waals surface area contributed by atoms with Crippen LogP contribution in [0.4, 0.5) is 0 Å². The summed E-state index contributed by atoms with van der Waals surface area (Å²) in [5, 5.41) is 4.14. The second kappa shape index (κ2) is 7.10. The Labute approximate surface area is 188 Å². The number of carbonyl (C=O) groups is 2. The summed E-state index contributed by atoms with van der Waals surface area (Å²) in [6.45, 7) is 4.66. The number of Topliss-reactive ketones (excluding diaryl/α,β-unsaturated/α-hetero) is 1. The van der Waals surface area contributed by atoms with Crippen LogP contribution in [-0.4, -0.2) is 17.7 Å². The second-order valence-electron chi connectivity index (χ2n) is 10.4. The van der Waals surface area contributed by atoms with E-state index in [1.807, 2.05) is 0 Å². The number of halogens is 2. The van der Waals surface area contributed by atoms with E-state index in [-0.39, 0.29) is 34.5 Å². The Bertz CT molecular complexity index is 923. The molecule has 3 fully saturated rings. The van der Waals surface area contributed by atoms with E-state index in [0.717, 1.165) is 38.5 Å². The molecule has 0 bridgehead atoms. The first-order valence-corrected chi connectivity index (χ1v) is 12.0. The molecule has 3 aliphatic carbocycles. The quantitative estimate of drug-likeness (QED) is 0.559. The van der Waals surface area contributed by atoms with Gasteiger partial charge in [-0.1, -0.05) is 49.2 Å². The van der Waals surface area contributed by atoms with Gasteiger partial charge in [0.1, 0.15) is 0 Å². The second-order valence-corrected chi connectivity index (χ2v) is 11.2. The number of ketones is 1. The van der Waals surface area contributed by atoms with Crippen LogP contribution in [0.2, 0.25) is 10.0 Å². The van der Waals surface area contributed by atoms with Crippen LogP contribution in [0.15, 0.2) is 30.4 Å². The number of hydrogen-bond acceptors (Lipinski definition) is 2. The van der Waals surface area contributed by atoms with E-state index >= 15 is 0 Å². The Morgan fingerprint density at radius 2 is 1.77 bits per heavy atom. The largest absolute Gasteiger partial charge is 0.349 e. The molecule has 1 heterocycles. The normalized spacial score (nSPS) is 42.1. The van der Waals surface area contributed by atoms with Gasteiger partial charge in [0.05, 0.1) is 15.6 Å². The number of carbonyl (C=O) groups excluding carboxylic acids is 2. The summed E-state index contributed by atoms with van der Waals surface area (Å²) >= 11 is 12.8. The predicted molar refractivity (Wildman–Crippen MR) is 120 cm³/mol. The molecule has 0 radical (unpaired) electrons. The number of nitrogens with one attached hydrogen (secondary N) is 1. The van der Waals surface area contributed by atoms with Crippen LogP contribution in [0.25, 0.3) is 0 Å². The van der Waals surface area contributed by atoms with Crippen molar-refractivity contribution >= 4 is 34.9 Å². The fourth-order valence-corrected chi connectivity index (χ4v) is 8.26. The zero-order chi connectivity index (χ0) is 21.3. The summed E-state index contributed by atoms with van der Waals surface area (Å²) in [4.78, 5) is 25.5. The Kier molecular flexibility index (Phi) is 4.87. The predicted octanol–water partition coefficient (Wildman–Crippen LogP) is 6.09. The molecule has 1 N–H and O–H groups in total. The standard InChI is InChI=1S/C25H29Cl2NO2/c1-24-12-10-16-14(6-9-20-25(16,2)13-11-21(29)28-20)15(24)7-8-17(24)23(30)22-18(26)4-3-5-19(22)27/h3-5,11,13-17,20H,6-10,12H2,1-2H3,(H,28,29)/t14-,15-,16-,17+,20+,24-,25+/m0/s1. The van der Waals surface area contributed by atoms with E-state index < -0.39 is 0 Å². The molecule has 7 atom stereocenters. The van der Waals surface area contributed by atoms with Gasteiger partial charge >= 0.3 is 0 Å². The molecular formula is C25H29Cl2NO2. The third-order valence-corrected chi connectivity index (χ3v) is 9.84. The van der Waals surface area contributed by atoms with Gasteiger partial charge in [-0.3, -0.25) is 9.59 Å². The van der Waals surface area contributed by atoms with E-state index in [9.17, 15) is 9.59 Å². The molecule has 0 unspecified atom stereocenters. The van der Waals surface area contributed by atoms with Crippen LogP contribution < -0.4 is 5.32 Å². The van der Waals surface area contributed by atoms with Gasteiger partial charge in [-0.05, 0) is 79.9 Å². The average molecular weight is 446 g/mol. The van der Waals surface area contributed by atoms with Crippen LogP contribution in [-0.2, 0) is 4.79 Å². The number of benzene rings is 1. The van der Waals surface area contributed by atoms with Crippen molar-refractivity contribution < 1.29 is 9.59 Å². The minimum atomic E-state index is -0.0204. The third-order valence-electron chi connectivity index (χ3n) is 9.21. The summed E-state index contributed by atoms with van der Waals surface area (Å²) in [5.74, 6) is 1.84. The molecule has 5 rings (SSSR count). The molecule has 5 heteroatoms. The van der Waals surface area contributed by atoms with Gasteiger partial charge in [0.2, 0.25) is 5.91 Å². The number of rotatable bonds is 2. The summed E-state index contributed by atoms with van der Waals surface area (Å²) in [7, 11) is 0.